The fourth-order valence-electron chi connectivity index (χ4n) is 7.70. The molecule has 0 aromatic rings. The van der Waals surface area contributed by atoms with E-state index >= 15 is 0 Å². The second-order valence-corrected chi connectivity index (χ2v) is 12.6. The standard InChI is InChI=1S/C14H17ClO5.C14H18O6/c2*15-11(16)1-2-12(17)20-13-8-3-7-4-9(6-8)14(18)19-10(13)5-7/h7-10,13H,1-6H2;7-10,13H,1-6H2,(H,15,16). The Morgan fingerprint density at radius 1 is 0.675 bits per heavy atom. The first-order valence-corrected chi connectivity index (χ1v) is 14.6. The number of aliphatic carboxylic acids is 1. The number of carboxylic acids is 1. The third-order valence-corrected chi connectivity index (χ3v) is 9.47. The summed E-state index contributed by atoms with van der Waals surface area (Å²) >= 11 is 5.21. The van der Waals surface area contributed by atoms with Crippen LogP contribution in [0, 0.1) is 35.5 Å². The molecule has 11 nitrogen and oxygen atoms in total. The minimum Gasteiger partial charge on any atom is -0.481 e. The summed E-state index contributed by atoms with van der Waals surface area (Å²) in [6.07, 6.45) is 5.00. The number of hydrogen-bond acceptors (Lipinski definition) is 10. The molecule has 4 heterocycles. The average molecular weight is 583 g/mol. The Bertz CT molecular complexity index is 977. The molecular formula is C28H35ClO11. The average Bonchev–Trinajstić information content (AvgIpc) is 3.16. The van der Waals surface area contributed by atoms with E-state index in [4.69, 9.17) is 35.7 Å². The molecule has 8 aliphatic rings. The molecule has 1 N–H and O–H groups in total. The first kappa shape index (κ1) is 28.8. The third kappa shape index (κ3) is 6.61. The lowest BCUT2D eigenvalue weighted by Crippen LogP contribution is -2.45. The first-order chi connectivity index (χ1) is 19.0. The van der Waals surface area contributed by atoms with Gasteiger partial charge in [0, 0.05) is 18.3 Å². The minimum absolute atomic E-state index is 0.0148. The van der Waals surface area contributed by atoms with Crippen molar-refractivity contribution in [3.8, 4) is 0 Å². The maximum atomic E-state index is 11.9. The zero-order valence-electron chi connectivity index (χ0n) is 22.2. The van der Waals surface area contributed by atoms with Gasteiger partial charge >= 0.3 is 29.8 Å². The summed E-state index contributed by atoms with van der Waals surface area (Å²) in [5, 5.41) is 8.03. The second-order valence-electron chi connectivity index (χ2n) is 12.1. The van der Waals surface area contributed by atoms with Gasteiger partial charge in [-0.1, -0.05) is 0 Å². The van der Waals surface area contributed by atoms with E-state index in [0.717, 1.165) is 51.4 Å². The summed E-state index contributed by atoms with van der Waals surface area (Å²) in [7, 11) is 0. The molecule has 4 aliphatic heterocycles. The zero-order chi connectivity index (χ0) is 28.6. The number of rotatable bonds is 8. The van der Waals surface area contributed by atoms with Crippen molar-refractivity contribution in [3.05, 3.63) is 0 Å². The van der Waals surface area contributed by atoms with Gasteiger partial charge in [-0.3, -0.25) is 28.8 Å². The number of ether oxygens (including phenoxy) is 4. The van der Waals surface area contributed by atoms with Gasteiger partial charge in [-0.05, 0) is 74.8 Å². The fraction of sp³-hybridized carbons (Fsp3) is 0.786. The van der Waals surface area contributed by atoms with Gasteiger partial charge in [0.1, 0.15) is 24.4 Å². The number of fused-ring (bicyclic) bond motifs is 2. The summed E-state index contributed by atoms with van der Waals surface area (Å²) < 4.78 is 21.8. The van der Waals surface area contributed by atoms with Crippen LogP contribution in [0.15, 0.2) is 0 Å². The summed E-state index contributed by atoms with van der Waals surface area (Å²) in [5.74, 6) is -0.966. The van der Waals surface area contributed by atoms with Gasteiger partial charge in [0.2, 0.25) is 5.24 Å². The number of carbonyl (C=O) groups is 6. The molecule has 4 saturated carbocycles. The van der Waals surface area contributed by atoms with Crippen molar-refractivity contribution in [1.29, 1.82) is 0 Å². The molecule has 0 radical (unpaired) electrons. The van der Waals surface area contributed by atoms with Gasteiger partial charge in [-0.2, -0.15) is 0 Å². The smallest absolute Gasteiger partial charge is 0.309 e. The molecule has 4 saturated heterocycles. The highest BCUT2D eigenvalue weighted by atomic mass is 35.5. The topological polar surface area (TPSA) is 160 Å². The van der Waals surface area contributed by atoms with Gasteiger partial charge < -0.3 is 24.1 Å². The number of carbonyl (C=O) groups excluding carboxylic acids is 5. The van der Waals surface area contributed by atoms with E-state index in [-0.39, 0.29) is 85.7 Å². The molecule has 8 fully saturated rings. The van der Waals surface area contributed by atoms with Gasteiger partial charge in [0.25, 0.3) is 0 Å². The van der Waals surface area contributed by atoms with Crippen LogP contribution in [-0.4, -0.2) is 64.6 Å². The summed E-state index contributed by atoms with van der Waals surface area (Å²) in [4.78, 5) is 68.4. The van der Waals surface area contributed by atoms with Crippen molar-refractivity contribution in [3.63, 3.8) is 0 Å². The number of carboxylic acid groups (broad SMARTS) is 1. The monoisotopic (exact) mass is 582 g/mol. The highest BCUT2D eigenvalue weighted by Gasteiger charge is 2.52. The van der Waals surface area contributed by atoms with Crippen LogP contribution in [0.1, 0.15) is 77.0 Å². The Labute approximate surface area is 236 Å². The van der Waals surface area contributed by atoms with Crippen LogP contribution < -0.4 is 0 Å². The first-order valence-electron chi connectivity index (χ1n) is 14.3. The molecule has 0 spiro atoms. The van der Waals surface area contributed by atoms with Crippen molar-refractivity contribution in [2.24, 2.45) is 35.5 Å². The lowest BCUT2D eigenvalue weighted by Gasteiger charge is -2.41. The Balaban J connectivity index is 0.000000161. The minimum atomic E-state index is -1.02. The highest BCUT2D eigenvalue weighted by Crippen LogP contribution is 2.49. The van der Waals surface area contributed by atoms with Crippen molar-refractivity contribution < 1.29 is 52.8 Å². The SMILES string of the molecule is O=C(Cl)CCC(=O)OC1C2CC3CC(C2)C(=O)OC1C3.O=C(O)CCC(=O)OC1C2CC3CC(C2)C(=O)OC1C3. The van der Waals surface area contributed by atoms with Gasteiger partial charge in [0.15, 0.2) is 0 Å². The van der Waals surface area contributed by atoms with Gasteiger partial charge in [0.05, 0.1) is 31.1 Å². The number of halogens is 1. The summed E-state index contributed by atoms with van der Waals surface area (Å²) in [6.45, 7) is 0. The zero-order valence-corrected chi connectivity index (χ0v) is 22.9. The van der Waals surface area contributed by atoms with E-state index in [1.54, 1.807) is 0 Å². The number of hydrogen-bond donors (Lipinski definition) is 1. The maximum absolute atomic E-state index is 11.9. The Morgan fingerprint density at radius 2 is 1.12 bits per heavy atom. The lowest BCUT2D eigenvalue weighted by molar-refractivity contribution is -0.173. The molecule has 10 atom stereocenters. The predicted octanol–water partition coefficient (Wildman–Crippen LogP) is 2.93. The Morgan fingerprint density at radius 3 is 1.55 bits per heavy atom. The molecule has 220 valence electrons. The van der Waals surface area contributed by atoms with Crippen LogP contribution in [-0.2, 0) is 47.7 Å². The molecule has 0 aromatic carbocycles. The molecular weight excluding hydrogens is 548 g/mol. The van der Waals surface area contributed by atoms with Crippen molar-refractivity contribution in [2.75, 3.05) is 0 Å². The van der Waals surface area contributed by atoms with Crippen LogP contribution >= 0.6 is 11.6 Å². The third-order valence-electron chi connectivity index (χ3n) is 9.28. The molecule has 0 amide bonds. The largest absolute Gasteiger partial charge is 0.481 e. The highest BCUT2D eigenvalue weighted by molar-refractivity contribution is 6.63. The van der Waals surface area contributed by atoms with Crippen LogP contribution in [0.4, 0.5) is 0 Å². The lowest BCUT2D eigenvalue weighted by atomic mass is 9.67. The molecule has 0 aromatic heterocycles. The molecule has 40 heavy (non-hydrogen) atoms. The summed E-state index contributed by atoms with van der Waals surface area (Å²) in [6, 6.07) is 0. The Kier molecular flexibility index (Phi) is 8.68. The Hall–Kier alpha value is -2.69. The second kappa shape index (κ2) is 12.0. The summed E-state index contributed by atoms with van der Waals surface area (Å²) in [5.41, 5.74) is 0. The van der Waals surface area contributed by atoms with Crippen LogP contribution in [0.3, 0.4) is 0 Å². The fourth-order valence-corrected chi connectivity index (χ4v) is 7.80. The predicted molar refractivity (Wildman–Crippen MR) is 134 cm³/mol. The van der Waals surface area contributed by atoms with Gasteiger partial charge in [-0.15, -0.1) is 0 Å². The van der Waals surface area contributed by atoms with Crippen LogP contribution in [0.25, 0.3) is 0 Å². The van der Waals surface area contributed by atoms with Crippen molar-refractivity contribution in [1.82, 2.24) is 0 Å². The normalized spacial score (nSPS) is 38.2. The molecule has 4 aliphatic carbocycles. The molecule has 10 unspecified atom stereocenters. The quantitative estimate of drug-likeness (QED) is 0.254. The molecule has 8 rings (SSSR count). The van der Waals surface area contributed by atoms with E-state index in [1.165, 1.54) is 0 Å². The van der Waals surface area contributed by atoms with Crippen molar-refractivity contribution in [2.45, 2.75) is 101 Å². The number of esters is 4. The van der Waals surface area contributed by atoms with Crippen molar-refractivity contribution >= 4 is 46.7 Å². The van der Waals surface area contributed by atoms with E-state index in [9.17, 15) is 28.8 Å². The molecule has 12 heteroatoms. The van der Waals surface area contributed by atoms with Crippen LogP contribution in [0.2, 0.25) is 0 Å². The van der Waals surface area contributed by atoms with E-state index in [1.807, 2.05) is 0 Å². The van der Waals surface area contributed by atoms with E-state index < -0.39 is 23.2 Å². The maximum Gasteiger partial charge on any atom is 0.309 e. The van der Waals surface area contributed by atoms with E-state index in [2.05, 4.69) is 0 Å². The van der Waals surface area contributed by atoms with Gasteiger partial charge in [-0.25, -0.2) is 0 Å². The van der Waals surface area contributed by atoms with Crippen LogP contribution in [0.5, 0.6) is 0 Å². The molecule has 8 bridgehead atoms. The van der Waals surface area contributed by atoms with E-state index in [0.29, 0.717) is 11.8 Å².